The average molecular weight is 393 g/mol. The molecule has 1 N–H and O–H groups in total. The highest BCUT2D eigenvalue weighted by atomic mass is 16.2. The van der Waals surface area contributed by atoms with E-state index in [0.717, 1.165) is 34.7 Å². The van der Waals surface area contributed by atoms with Crippen LogP contribution in [-0.4, -0.2) is 39.3 Å². The fraction of sp³-hybridized carbons (Fsp3) is 0.435. The molecule has 1 aromatic heterocycles. The van der Waals surface area contributed by atoms with E-state index in [0.29, 0.717) is 18.4 Å². The monoisotopic (exact) mass is 393 g/mol. The normalized spacial score (nSPS) is 19.1. The number of nitrogens with one attached hydrogen (secondary N) is 1. The van der Waals surface area contributed by atoms with Crippen LogP contribution >= 0.6 is 0 Å². The van der Waals surface area contributed by atoms with Crippen molar-refractivity contribution in [3.8, 4) is 0 Å². The van der Waals surface area contributed by atoms with Gasteiger partial charge in [0.1, 0.15) is 5.54 Å². The summed E-state index contributed by atoms with van der Waals surface area (Å²) in [5, 5.41) is 2.84. The number of ketones is 1. The first kappa shape index (κ1) is 19.4. The second kappa shape index (κ2) is 7.17. The van der Waals surface area contributed by atoms with Crippen LogP contribution in [0.3, 0.4) is 0 Å². The predicted molar refractivity (Wildman–Crippen MR) is 110 cm³/mol. The molecule has 1 atom stereocenters. The smallest absolute Gasteiger partial charge is 0.325 e. The molecule has 1 saturated carbocycles. The van der Waals surface area contributed by atoms with Crippen molar-refractivity contribution in [3.05, 3.63) is 58.9 Å². The van der Waals surface area contributed by atoms with Gasteiger partial charge in [-0.3, -0.25) is 14.5 Å². The minimum atomic E-state index is -0.782. The zero-order valence-electron chi connectivity index (χ0n) is 17.2. The Labute approximate surface area is 170 Å². The number of aromatic nitrogens is 1. The van der Waals surface area contributed by atoms with Gasteiger partial charge in [-0.1, -0.05) is 43.2 Å². The molecule has 1 spiro atoms. The van der Waals surface area contributed by atoms with Crippen LogP contribution in [0.4, 0.5) is 4.79 Å². The van der Waals surface area contributed by atoms with Crippen molar-refractivity contribution in [2.24, 2.45) is 0 Å². The van der Waals surface area contributed by atoms with Gasteiger partial charge >= 0.3 is 6.03 Å². The first-order valence-corrected chi connectivity index (χ1v) is 10.2. The largest absolute Gasteiger partial charge is 0.341 e. The summed E-state index contributed by atoms with van der Waals surface area (Å²) in [6, 6.07) is 11.6. The van der Waals surface area contributed by atoms with Crippen LogP contribution < -0.4 is 5.32 Å². The summed E-state index contributed by atoms with van der Waals surface area (Å²) < 4.78 is 2.13. The van der Waals surface area contributed by atoms with Gasteiger partial charge in [0, 0.05) is 17.0 Å². The number of amides is 3. The predicted octanol–water partition coefficient (Wildman–Crippen LogP) is 3.76. The van der Waals surface area contributed by atoms with Gasteiger partial charge in [-0.25, -0.2) is 4.79 Å². The molecular formula is C23H27N3O3. The zero-order chi connectivity index (χ0) is 20.8. The SMILES string of the molecule is Cc1cc(C(=O)CN2C(=O)NC3(CCCC3)C2=O)c(C)n1[C@H](C)c1ccccc1. The number of benzene rings is 1. The number of hydrogen-bond donors (Lipinski definition) is 1. The lowest BCUT2D eigenvalue weighted by atomic mass is 9.98. The van der Waals surface area contributed by atoms with E-state index >= 15 is 0 Å². The third kappa shape index (κ3) is 3.16. The molecule has 1 aliphatic heterocycles. The van der Waals surface area contributed by atoms with E-state index in [9.17, 15) is 14.4 Å². The van der Waals surface area contributed by atoms with E-state index in [4.69, 9.17) is 0 Å². The number of hydrogen-bond acceptors (Lipinski definition) is 3. The third-order valence-electron chi connectivity index (χ3n) is 6.46. The molecule has 1 saturated heterocycles. The third-order valence-corrected chi connectivity index (χ3v) is 6.46. The van der Waals surface area contributed by atoms with Crippen LogP contribution in [0.1, 0.15) is 66.0 Å². The molecule has 2 heterocycles. The standard InChI is InChI=1S/C23H27N3O3/c1-15-13-19(17(3)26(15)16(2)18-9-5-4-6-10-18)20(27)14-25-21(28)23(24-22(25)29)11-7-8-12-23/h4-6,9-10,13,16H,7-8,11-12,14H2,1-3H3,(H,24,29)/t16-/m1/s1. The molecule has 3 amide bonds. The minimum absolute atomic E-state index is 0.0798. The van der Waals surface area contributed by atoms with Crippen molar-refractivity contribution in [2.45, 2.75) is 58.0 Å². The van der Waals surface area contributed by atoms with E-state index in [1.165, 1.54) is 0 Å². The number of urea groups is 1. The Bertz CT molecular complexity index is 971. The summed E-state index contributed by atoms with van der Waals surface area (Å²) in [7, 11) is 0. The molecule has 29 heavy (non-hydrogen) atoms. The molecule has 2 aromatic rings. The summed E-state index contributed by atoms with van der Waals surface area (Å²) in [6.45, 7) is 5.79. The van der Waals surface area contributed by atoms with E-state index in [1.54, 1.807) is 0 Å². The molecule has 0 bridgehead atoms. The topological polar surface area (TPSA) is 71.4 Å². The van der Waals surface area contributed by atoms with Gasteiger partial charge in [-0.15, -0.1) is 0 Å². The molecule has 4 rings (SSSR count). The van der Waals surface area contributed by atoms with Gasteiger partial charge in [-0.2, -0.15) is 0 Å². The van der Waals surface area contributed by atoms with Crippen molar-refractivity contribution >= 4 is 17.7 Å². The van der Waals surface area contributed by atoms with E-state index < -0.39 is 11.6 Å². The van der Waals surface area contributed by atoms with Crippen LogP contribution in [0.25, 0.3) is 0 Å². The molecule has 0 unspecified atom stereocenters. The minimum Gasteiger partial charge on any atom is -0.341 e. The average Bonchev–Trinajstić information content (AvgIpc) is 3.36. The van der Waals surface area contributed by atoms with E-state index in [1.807, 2.05) is 38.1 Å². The number of imide groups is 1. The van der Waals surface area contributed by atoms with Crippen LogP contribution in [0.2, 0.25) is 0 Å². The summed E-state index contributed by atoms with van der Waals surface area (Å²) in [6.07, 6.45) is 3.16. The molecule has 6 heteroatoms. The highest BCUT2D eigenvalue weighted by Crippen LogP contribution is 2.35. The maximum Gasteiger partial charge on any atom is 0.325 e. The maximum atomic E-state index is 13.1. The number of aryl methyl sites for hydroxylation is 1. The fourth-order valence-corrected chi connectivity index (χ4v) is 4.90. The van der Waals surface area contributed by atoms with Crippen LogP contribution in [0.15, 0.2) is 36.4 Å². The Morgan fingerprint density at radius 1 is 1.14 bits per heavy atom. The highest BCUT2D eigenvalue weighted by molar-refractivity contribution is 6.11. The maximum absolute atomic E-state index is 13.1. The van der Waals surface area contributed by atoms with Crippen molar-refractivity contribution in [3.63, 3.8) is 0 Å². The lowest BCUT2D eigenvalue weighted by Crippen LogP contribution is -2.44. The molecule has 1 aliphatic carbocycles. The fourth-order valence-electron chi connectivity index (χ4n) is 4.90. The molecule has 6 nitrogen and oxygen atoms in total. The van der Waals surface area contributed by atoms with E-state index in [2.05, 4.69) is 28.9 Å². The summed E-state index contributed by atoms with van der Waals surface area (Å²) in [5.41, 5.74) is 2.78. The van der Waals surface area contributed by atoms with Crippen molar-refractivity contribution < 1.29 is 14.4 Å². The summed E-state index contributed by atoms with van der Waals surface area (Å²) in [4.78, 5) is 39.4. The lowest BCUT2D eigenvalue weighted by Gasteiger charge is -2.20. The number of nitrogens with zero attached hydrogens (tertiary/aromatic N) is 2. The summed E-state index contributed by atoms with van der Waals surface area (Å²) in [5.74, 6) is -0.456. The van der Waals surface area contributed by atoms with Gasteiger partial charge in [-0.05, 0) is 45.2 Å². The van der Waals surface area contributed by atoms with Gasteiger partial charge in [0.2, 0.25) is 0 Å². The van der Waals surface area contributed by atoms with Crippen molar-refractivity contribution in [1.29, 1.82) is 0 Å². The quantitative estimate of drug-likeness (QED) is 0.621. The Hall–Kier alpha value is -2.89. The van der Waals surface area contributed by atoms with E-state index in [-0.39, 0.29) is 24.3 Å². The highest BCUT2D eigenvalue weighted by Gasteiger charge is 2.52. The van der Waals surface area contributed by atoms with Crippen LogP contribution in [0, 0.1) is 13.8 Å². The van der Waals surface area contributed by atoms with Crippen LogP contribution in [0.5, 0.6) is 0 Å². The van der Waals surface area contributed by atoms with Gasteiger partial charge in [0.15, 0.2) is 5.78 Å². The first-order valence-electron chi connectivity index (χ1n) is 10.2. The Balaban J connectivity index is 1.57. The van der Waals surface area contributed by atoms with Gasteiger partial charge < -0.3 is 9.88 Å². The Kier molecular flexibility index (Phi) is 4.81. The number of Topliss-reactive ketones (excluding diaryl/α,β-unsaturated/α-hetero) is 1. The second-order valence-corrected chi connectivity index (χ2v) is 8.28. The van der Waals surface area contributed by atoms with Crippen LogP contribution in [-0.2, 0) is 4.79 Å². The number of rotatable bonds is 5. The number of carbonyl (C=O) groups excluding carboxylic acids is 3. The molecule has 0 radical (unpaired) electrons. The van der Waals surface area contributed by atoms with Crippen molar-refractivity contribution in [2.75, 3.05) is 6.54 Å². The molecule has 2 fully saturated rings. The Morgan fingerprint density at radius 3 is 2.45 bits per heavy atom. The zero-order valence-corrected chi connectivity index (χ0v) is 17.2. The number of carbonyl (C=O) groups is 3. The second-order valence-electron chi connectivity index (χ2n) is 8.28. The molecule has 2 aliphatic rings. The lowest BCUT2D eigenvalue weighted by molar-refractivity contribution is -0.130. The summed E-state index contributed by atoms with van der Waals surface area (Å²) >= 11 is 0. The molecular weight excluding hydrogens is 366 g/mol. The molecule has 152 valence electrons. The van der Waals surface area contributed by atoms with Gasteiger partial charge in [0.05, 0.1) is 12.6 Å². The van der Waals surface area contributed by atoms with Crippen molar-refractivity contribution in [1.82, 2.24) is 14.8 Å². The molecule has 1 aromatic carbocycles. The first-order chi connectivity index (χ1) is 13.8. The van der Waals surface area contributed by atoms with Gasteiger partial charge in [0.25, 0.3) is 5.91 Å². The Morgan fingerprint density at radius 2 is 1.79 bits per heavy atom.